The summed E-state index contributed by atoms with van der Waals surface area (Å²) in [4.78, 5) is 10.9. The van der Waals surface area contributed by atoms with E-state index in [9.17, 15) is 18.0 Å². The number of carbonyl (C=O) groups is 1. The first kappa shape index (κ1) is 15.1. The number of hydrogen-bond acceptors (Lipinski definition) is 2. The summed E-state index contributed by atoms with van der Waals surface area (Å²) >= 11 is 2.92. The molecule has 0 aromatic heterocycles. The Morgan fingerprint density at radius 1 is 1.44 bits per heavy atom. The minimum absolute atomic E-state index is 0. The van der Waals surface area contributed by atoms with Gasteiger partial charge in [-0.15, -0.1) is 12.4 Å². The van der Waals surface area contributed by atoms with Gasteiger partial charge in [0, 0.05) is 0 Å². The molecule has 1 atom stereocenters. The molecule has 1 aromatic carbocycles. The molecule has 1 aromatic rings. The number of benzene rings is 1. The van der Waals surface area contributed by atoms with Crippen molar-refractivity contribution in [2.24, 2.45) is 0 Å². The summed E-state index contributed by atoms with van der Waals surface area (Å²) in [6.45, 7) is -1.01. The highest BCUT2D eigenvalue weighted by Gasteiger charge is 2.46. The first-order chi connectivity index (χ1) is 7.90. The third kappa shape index (κ3) is 2.89. The van der Waals surface area contributed by atoms with Gasteiger partial charge in [-0.3, -0.25) is 0 Å². The van der Waals surface area contributed by atoms with Crippen LogP contribution in [0.1, 0.15) is 11.6 Å². The molecule has 18 heavy (non-hydrogen) atoms. The molecule has 0 unspecified atom stereocenters. The number of carbonyl (C=O) groups excluding carboxylic acids is 1. The Labute approximate surface area is 115 Å². The number of rotatable bonds is 1. The van der Waals surface area contributed by atoms with Crippen LogP contribution < -0.4 is 5.32 Å². The largest absolute Gasteiger partial charge is 0.443 e. The SMILES string of the molecule is Cl.O=C1N[C@@H](c2ccc(Br)c(F)c2)C(F)(F)CO1. The standard InChI is InChI=1S/C10H7BrF3NO2.ClH/c11-6-2-1-5(3-7(6)12)8-10(13,14)4-17-9(16)15-8;/h1-3,8H,4H2,(H,15,16);1H/t8-;/m0./s1. The van der Waals surface area contributed by atoms with Gasteiger partial charge in [0.25, 0.3) is 0 Å². The average Bonchev–Trinajstić information content (AvgIpc) is 2.26. The van der Waals surface area contributed by atoms with Crippen LogP contribution in [-0.4, -0.2) is 18.6 Å². The Hall–Kier alpha value is -0.950. The molecule has 3 nitrogen and oxygen atoms in total. The lowest BCUT2D eigenvalue weighted by atomic mass is 10.00. The molecule has 100 valence electrons. The first-order valence-corrected chi connectivity index (χ1v) is 5.45. The van der Waals surface area contributed by atoms with Crippen molar-refractivity contribution in [2.45, 2.75) is 12.0 Å². The van der Waals surface area contributed by atoms with E-state index >= 15 is 0 Å². The number of hydrogen-bond donors (Lipinski definition) is 1. The fourth-order valence-corrected chi connectivity index (χ4v) is 1.78. The molecule has 1 aliphatic rings. The predicted octanol–water partition coefficient (Wildman–Crippen LogP) is 3.43. The lowest BCUT2D eigenvalue weighted by Crippen LogP contribution is -2.49. The first-order valence-electron chi connectivity index (χ1n) is 4.66. The maximum atomic E-state index is 13.5. The summed E-state index contributed by atoms with van der Waals surface area (Å²) < 4.78 is 44.6. The smallest absolute Gasteiger partial charge is 0.408 e. The maximum absolute atomic E-state index is 13.5. The lowest BCUT2D eigenvalue weighted by Gasteiger charge is -2.31. The van der Waals surface area contributed by atoms with Gasteiger partial charge >= 0.3 is 12.0 Å². The van der Waals surface area contributed by atoms with Crippen LogP contribution in [0.2, 0.25) is 0 Å². The second-order valence-electron chi connectivity index (χ2n) is 3.59. The molecule has 1 amide bonds. The van der Waals surface area contributed by atoms with Crippen LogP contribution in [0.4, 0.5) is 18.0 Å². The molecular weight excluding hydrogens is 338 g/mol. The van der Waals surface area contributed by atoms with Gasteiger partial charge in [-0.25, -0.2) is 18.0 Å². The molecule has 1 N–H and O–H groups in total. The van der Waals surface area contributed by atoms with Crippen LogP contribution in [0, 0.1) is 5.82 Å². The molecule has 1 heterocycles. The van der Waals surface area contributed by atoms with Crippen molar-refractivity contribution < 1.29 is 22.7 Å². The topological polar surface area (TPSA) is 38.3 Å². The molecule has 0 radical (unpaired) electrons. The normalized spacial score (nSPS) is 21.6. The molecule has 0 spiro atoms. The Morgan fingerprint density at radius 2 is 2.11 bits per heavy atom. The minimum atomic E-state index is -3.27. The Morgan fingerprint density at radius 3 is 2.72 bits per heavy atom. The van der Waals surface area contributed by atoms with Crippen LogP contribution in [0.25, 0.3) is 0 Å². The third-order valence-electron chi connectivity index (χ3n) is 2.36. The van der Waals surface area contributed by atoms with Crippen molar-refractivity contribution in [3.8, 4) is 0 Å². The van der Waals surface area contributed by atoms with Gasteiger partial charge in [0.05, 0.1) is 4.47 Å². The van der Waals surface area contributed by atoms with Crippen molar-refractivity contribution in [3.05, 3.63) is 34.1 Å². The summed E-state index contributed by atoms with van der Waals surface area (Å²) in [5.74, 6) is -3.94. The van der Waals surface area contributed by atoms with Gasteiger partial charge in [-0.05, 0) is 33.6 Å². The summed E-state index contributed by atoms with van der Waals surface area (Å²) in [5, 5.41) is 1.98. The molecule has 8 heteroatoms. The number of halogens is 5. The second-order valence-corrected chi connectivity index (χ2v) is 4.44. The van der Waals surface area contributed by atoms with E-state index in [1.165, 1.54) is 12.1 Å². The van der Waals surface area contributed by atoms with Crippen LogP contribution >= 0.6 is 28.3 Å². The van der Waals surface area contributed by atoms with Gasteiger partial charge in [-0.2, -0.15) is 0 Å². The summed E-state index contributed by atoms with van der Waals surface area (Å²) in [5.41, 5.74) is -0.00708. The van der Waals surface area contributed by atoms with E-state index in [2.05, 4.69) is 20.7 Å². The lowest BCUT2D eigenvalue weighted by molar-refractivity contribution is -0.104. The van der Waals surface area contributed by atoms with E-state index in [1.807, 2.05) is 5.32 Å². The van der Waals surface area contributed by atoms with Gasteiger partial charge in [0.15, 0.2) is 6.61 Å². The number of nitrogens with one attached hydrogen (secondary N) is 1. The number of amides is 1. The average molecular weight is 347 g/mol. The highest BCUT2D eigenvalue weighted by Crippen LogP contribution is 2.35. The number of alkyl carbamates (subject to hydrolysis) is 1. The molecule has 1 saturated heterocycles. The van der Waals surface area contributed by atoms with Gasteiger partial charge < -0.3 is 10.1 Å². The molecule has 0 aliphatic carbocycles. The Kier molecular flexibility index (Phi) is 4.50. The van der Waals surface area contributed by atoms with E-state index < -0.39 is 30.5 Å². The van der Waals surface area contributed by atoms with Crippen molar-refractivity contribution in [1.29, 1.82) is 0 Å². The Bertz CT molecular complexity index is 472. The van der Waals surface area contributed by atoms with Gasteiger partial charge in [0.2, 0.25) is 0 Å². The molecule has 0 saturated carbocycles. The zero-order valence-corrected chi connectivity index (χ0v) is 11.2. The third-order valence-corrected chi connectivity index (χ3v) is 3.00. The Balaban J connectivity index is 0.00000162. The molecule has 1 fully saturated rings. The summed E-state index contributed by atoms with van der Waals surface area (Å²) in [6.07, 6.45) is -0.941. The van der Waals surface area contributed by atoms with Crippen LogP contribution in [0.15, 0.2) is 22.7 Å². The zero-order valence-electron chi connectivity index (χ0n) is 8.75. The number of alkyl halides is 2. The highest BCUT2D eigenvalue weighted by molar-refractivity contribution is 9.10. The molecule has 0 bridgehead atoms. The quantitative estimate of drug-likeness (QED) is 0.846. The van der Waals surface area contributed by atoms with E-state index in [1.54, 1.807) is 0 Å². The molecule has 1 aliphatic heterocycles. The van der Waals surface area contributed by atoms with Crippen molar-refractivity contribution in [3.63, 3.8) is 0 Å². The van der Waals surface area contributed by atoms with Crippen LogP contribution in [-0.2, 0) is 4.74 Å². The van der Waals surface area contributed by atoms with Crippen LogP contribution in [0.3, 0.4) is 0 Å². The van der Waals surface area contributed by atoms with E-state index in [-0.39, 0.29) is 22.4 Å². The minimum Gasteiger partial charge on any atom is -0.443 e. The zero-order chi connectivity index (χ0) is 12.6. The van der Waals surface area contributed by atoms with Gasteiger partial charge in [0.1, 0.15) is 11.9 Å². The van der Waals surface area contributed by atoms with E-state index in [4.69, 9.17) is 0 Å². The van der Waals surface area contributed by atoms with E-state index in [0.717, 1.165) is 6.07 Å². The van der Waals surface area contributed by atoms with Crippen LogP contribution in [0.5, 0.6) is 0 Å². The number of ether oxygens (including phenoxy) is 1. The fourth-order valence-electron chi connectivity index (χ4n) is 1.53. The fraction of sp³-hybridized carbons (Fsp3) is 0.300. The van der Waals surface area contributed by atoms with Crippen molar-refractivity contribution in [2.75, 3.05) is 6.61 Å². The maximum Gasteiger partial charge on any atom is 0.408 e. The molecule has 2 rings (SSSR count). The van der Waals surface area contributed by atoms with Crippen molar-refractivity contribution in [1.82, 2.24) is 5.32 Å². The van der Waals surface area contributed by atoms with E-state index in [0.29, 0.717) is 0 Å². The number of cyclic esters (lactones) is 1. The molecular formula is C10H8BrClF3NO2. The monoisotopic (exact) mass is 345 g/mol. The van der Waals surface area contributed by atoms with Gasteiger partial charge in [-0.1, -0.05) is 6.07 Å². The predicted molar refractivity (Wildman–Crippen MR) is 63.5 cm³/mol. The summed E-state index contributed by atoms with van der Waals surface area (Å²) in [6, 6.07) is 2.00. The highest BCUT2D eigenvalue weighted by atomic mass is 79.9. The summed E-state index contributed by atoms with van der Waals surface area (Å²) in [7, 11) is 0. The van der Waals surface area contributed by atoms with Crippen molar-refractivity contribution >= 4 is 34.4 Å². The second kappa shape index (κ2) is 5.36.